The van der Waals surface area contributed by atoms with Gasteiger partial charge in [-0.05, 0) is 30.4 Å². The van der Waals surface area contributed by atoms with E-state index < -0.39 is 0 Å². The highest BCUT2D eigenvalue weighted by atomic mass is 35.5. The number of ether oxygens (including phenoxy) is 1. The zero-order valence-electron chi connectivity index (χ0n) is 12.1. The van der Waals surface area contributed by atoms with E-state index in [1.165, 1.54) is 19.3 Å². The van der Waals surface area contributed by atoms with Gasteiger partial charge in [0.2, 0.25) is 0 Å². The molecule has 3 rings (SSSR count). The van der Waals surface area contributed by atoms with Crippen molar-refractivity contribution < 1.29 is 4.74 Å². The molecule has 1 aliphatic rings. The maximum Gasteiger partial charge on any atom is 0.146 e. The summed E-state index contributed by atoms with van der Waals surface area (Å²) < 4.78 is 7.70. The van der Waals surface area contributed by atoms with E-state index in [4.69, 9.17) is 16.3 Å². The number of benzene rings is 1. The normalized spacial score (nSPS) is 22.6. The van der Waals surface area contributed by atoms with Crippen LogP contribution in [-0.2, 0) is 12.4 Å². The lowest BCUT2D eigenvalue weighted by atomic mass is 9.98. The Labute approximate surface area is 124 Å². The highest BCUT2D eigenvalue weighted by Gasteiger charge is 2.25. The predicted octanol–water partition coefficient (Wildman–Crippen LogP) is 4.22. The fourth-order valence-electron chi connectivity index (χ4n) is 3.37. The van der Waals surface area contributed by atoms with Crippen molar-refractivity contribution in [2.75, 3.05) is 7.11 Å². The van der Waals surface area contributed by atoms with Gasteiger partial charge in [0.1, 0.15) is 17.1 Å². The summed E-state index contributed by atoms with van der Waals surface area (Å²) in [6.07, 6.45) is 4.00. The highest BCUT2D eigenvalue weighted by molar-refractivity contribution is 6.16. The highest BCUT2D eigenvalue weighted by Crippen LogP contribution is 2.34. The van der Waals surface area contributed by atoms with Crippen LogP contribution in [0.2, 0.25) is 0 Å². The molecule has 1 saturated carbocycles. The smallest absolute Gasteiger partial charge is 0.146 e. The first-order chi connectivity index (χ1) is 9.74. The second kappa shape index (κ2) is 5.65. The number of rotatable bonds is 4. The SMILES string of the molecule is COc1cccc2c1nc(CCl)n2CC1CCCC1C. The molecule has 0 amide bonds. The first kappa shape index (κ1) is 13.7. The predicted molar refractivity (Wildman–Crippen MR) is 82.3 cm³/mol. The van der Waals surface area contributed by atoms with Gasteiger partial charge in [-0.25, -0.2) is 4.98 Å². The average Bonchev–Trinajstić information content (AvgIpc) is 3.03. The Bertz CT molecular complexity index is 608. The van der Waals surface area contributed by atoms with Gasteiger partial charge in [-0.2, -0.15) is 0 Å². The van der Waals surface area contributed by atoms with Crippen molar-refractivity contribution in [1.82, 2.24) is 9.55 Å². The van der Waals surface area contributed by atoms with Gasteiger partial charge in [0.05, 0.1) is 18.5 Å². The number of halogens is 1. The molecular formula is C16H21ClN2O. The summed E-state index contributed by atoms with van der Waals surface area (Å²) in [5.74, 6) is 3.75. The molecule has 1 aromatic carbocycles. The molecule has 20 heavy (non-hydrogen) atoms. The van der Waals surface area contributed by atoms with Gasteiger partial charge in [-0.1, -0.05) is 25.8 Å². The van der Waals surface area contributed by atoms with Crippen LogP contribution in [-0.4, -0.2) is 16.7 Å². The molecule has 0 saturated heterocycles. The number of aromatic nitrogens is 2. The van der Waals surface area contributed by atoms with Gasteiger partial charge in [0, 0.05) is 6.54 Å². The summed E-state index contributed by atoms with van der Waals surface area (Å²) in [6.45, 7) is 3.38. The minimum absolute atomic E-state index is 0.443. The Kier molecular flexibility index (Phi) is 3.88. The van der Waals surface area contributed by atoms with E-state index in [2.05, 4.69) is 22.5 Å². The second-order valence-electron chi connectivity index (χ2n) is 5.77. The Morgan fingerprint density at radius 1 is 1.40 bits per heavy atom. The number of fused-ring (bicyclic) bond motifs is 1. The zero-order valence-corrected chi connectivity index (χ0v) is 12.9. The fourth-order valence-corrected chi connectivity index (χ4v) is 3.57. The molecule has 1 fully saturated rings. The fraction of sp³-hybridized carbons (Fsp3) is 0.562. The van der Waals surface area contributed by atoms with Gasteiger partial charge < -0.3 is 9.30 Å². The molecule has 0 aliphatic heterocycles. The van der Waals surface area contributed by atoms with Gasteiger partial charge in [0.15, 0.2) is 0 Å². The zero-order chi connectivity index (χ0) is 14.1. The second-order valence-corrected chi connectivity index (χ2v) is 6.04. The molecule has 4 heteroatoms. The topological polar surface area (TPSA) is 27.1 Å². The number of nitrogens with zero attached hydrogens (tertiary/aromatic N) is 2. The van der Waals surface area contributed by atoms with Crippen molar-refractivity contribution >= 4 is 22.6 Å². The number of methoxy groups -OCH3 is 1. The molecule has 1 heterocycles. The molecule has 0 N–H and O–H groups in total. The number of alkyl halides is 1. The van der Waals surface area contributed by atoms with E-state index >= 15 is 0 Å². The van der Waals surface area contributed by atoms with Crippen LogP contribution in [0.25, 0.3) is 11.0 Å². The molecule has 2 aromatic rings. The summed E-state index contributed by atoms with van der Waals surface area (Å²) in [5, 5.41) is 0. The third kappa shape index (κ3) is 2.28. The molecule has 2 atom stereocenters. The van der Waals surface area contributed by atoms with Crippen molar-refractivity contribution in [2.45, 2.75) is 38.6 Å². The maximum atomic E-state index is 6.10. The van der Waals surface area contributed by atoms with Crippen molar-refractivity contribution in [3.05, 3.63) is 24.0 Å². The van der Waals surface area contributed by atoms with Crippen LogP contribution >= 0.6 is 11.6 Å². The van der Waals surface area contributed by atoms with Crippen LogP contribution in [0.4, 0.5) is 0 Å². The summed E-state index contributed by atoms with van der Waals surface area (Å²) in [5.41, 5.74) is 2.07. The monoisotopic (exact) mass is 292 g/mol. The van der Waals surface area contributed by atoms with E-state index in [0.29, 0.717) is 5.88 Å². The molecule has 108 valence electrons. The van der Waals surface area contributed by atoms with E-state index in [1.807, 2.05) is 12.1 Å². The molecule has 0 radical (unpaired) electrons. The van der Waals surface area contributed by atoms with E-state index in [0.717, 1.165) is 41.0 Å². The van der Waals surface area contributed by atoms with Crippen LogP contribution in [0.15, 0.2) is 18.2 Å². The molecule has 1 aliphatic carbocycles. The Morgan fingerprint density at radius 3 is 2.90 bits per heavy atom. The first-order valence-corrected chi connectivity index (χ1v) is 7.86. The Hall–Kier alpha value is -1.22. The van der Waals surface area contributed by atoms with Crippen LogP contribution in [0, 0.1) is 11.8 Å². The average molecular weight is 293 g/mol. The lowest BCUT2D eigenvalue weighted by molar-refractivity contribution is 0.364. The molecule has 1 aromatic heterocycles. The van der Waals surface area contributed by atoms with Gasteiger partial charge in [-0.3, -0.25) is 0 Å². The largest absolute Gasteiger partial charge is 0.494 e. The number of imidazole rings is 1. The number of hydrogen-bond acceptors (Lipinski definition) is 2. The first-order valence-electron chi connectivity index (χ1n) is 7.32. The molecule has 0 spiro atoms. The van der Waals surface area contributed by atoms with E-state index in [1.54, 1.807) is 7.11 Å². The molecular weight excluding hydrogens is 272 g/mol. The number of para-hydroxylation sites is 1. The van der Waals surface area contributed by atoms with Crippen molar-refractivity contribution in [3.8, 4) is 5.75 Å². The van der Waals surface area contributed by atoms with Crippen LogP contribution in [0.3, 0.4) is 0 Å². The summed E-state index contributed by atoms with van der Waals surface area (Å²) in [4.78, 5) is 4.68. The van der Waals surface area contributed by atoms with Crippen LogP contribution in [0.1, 0.15) is 32.0 Å². The minimum atomic E-state index is 0.443. The molecule has 3 nitrogen and oxygen atoms in total. The molecule has 2 unspecified atom stereocenters. The Balaban J connectivity index is 2.04. The van der Waals surface area contributed by atoms with Crippen LogP contribution < -0.4 is 4.74 Å². The summed E-state index contributed by atoms with van der Waals surface area (Å²) >= 11 is 6.10. The molecule has 0 bridgehead atoms. The Morgan fingerprint density at radius 2 is 2.25 bits per heavy atom. The minimum Gasteiger partial charge on any atom is -0.494 e. The van der Waals surface area contributed by atoms with Crippen molar-refractivity contribution in [1.29, 1.82) is 0 Å². The number of hydrogen-bond donors (Lipinski definition) is 0. The lowest BCUT2D eigenvalue weighted by Crippen LogP contribution is -2.14. The van der Waals surface area contributed by atoms with Gasteiger partial charge >= 0.3 is 0 Å². The van der Waals surface area contributed by atoms with Crippen molar-refractivity contribution in [2.24, 2.45) is 11.8 Å². The van der Waals surface area contributed by atoms with Gasteiger partial charge in [-0.15, -0.1) is 11.6 Å². The summed E-state index contributed by atoms with van der Waals surface area (Å²) in [6, 6.07) is 6.09. The lowest BCUT2D eigenvalue weighted by Gasteiger charge is -2.18. The third-order valence-corrected chi connectivity index (χ3v) is 4.86. The van der Waals surface area contributed by atoms with E-state index in [-0.39, 0.29) is 0 Å². The van der Waals surface area contributed by atoms with E-state index in [9.17, 15) is 0 Å². The van der Waals surface area contributed by atoms with Gasteiger partial charge in [0.25, 0.3) is 0 Å². The summed E-state index contributed by atoms with van der Waals surface area (Å²) in [7, 11) is 1.69. The standard InChI is InChI=1S/C16H21ClN2O/c1-11-5-3-6-12(11)10-19-13-7-4-8-14(20-2)16(13)18-15(19)9-17/h4,7-8,11-12H,3,5-6,9-10H2,1-2H3. The van der Waals surface area contributed by atoms with Crippen LogP contribution in [0.5, 0.6) is 5.75 Å². The maximum absolute atomic E-state index is 6.10. The van der Waals surface area contributed by atoms with Crippen molar-refractivity contribution in [3.63, 3.8) is 0 Å². The third-order valence-electron chi connectivity index (χ3n) is 4.62. The quantitative estimate of drug-likeness (QED) is 0.789.